The van der Waals surface area contributed by atoms with Gasteiger partial charge in [-0.1, -0.05) is 6.92 Å². The quantitative estimate of drug-likeness (QED) is 0.463. The van der Waals surface area contributed by atoms with Crippen molar-refractivity contribution < 1.29 is 23.3 Å². The summed E-state index contributed by atoms with van der Waals surface area (Å²) in [6.45, 7) is 2.69. The Balaban J connectivity index is 3.80. The first kappa shape index (κ1) is 17.1. The van der Waals surface area contributed by atoms with Gasteiger partial charge in [0.25, 0.3) is 0 Å². The molecule has 18 heavy (non-hydrogen) atoms. The maximum Gasteiger partial charge on any atom is 0.309 e. The van der Waals surface area contributed by atoms with Crippen LogP contribution in [0.4, 0.5) is 0 Å². The highest BCUT2D eigenvalue weighted by atomic mass is 32.2. The lowest BCUT2D eigenvalue weighted by molar-refractivity contribution is -0.144. The summed E-state index contributed by atoms with van der Waals surface area (Å²) >= 11 is 0. The molecule has 0 bridgehead atoms. The minimum absolute atomic E-state index is 0.0890. The van der Waals surface area contributed by atoms with Crippen LogP contribution >= 0.6 is 0 Å². The Hall–Kier alpha value is -0.950. The number of amides is 1. The van der Waals surface area contributed by atoms with Gasteiger partial charge in [0.1, 0.15) is 5.75 Å². The Kier molecular flexibility index (Phi) is 9.49. The van der Waals surface area contributed by atoms with Crippen LogP contribution in [0.3, 0.4) is 0 Å². The number of carbonyl (C=O) groups excluding carboxylic acids is 2. The van der Waals surface area contributed by atoms with Crippen LogP contribution in [0.25, 0.3) is 0 Å². The summed E-state index contributed by atoms with van der Waals surface area (Å²) in [4.78, 5) is 22.5. The highest BCUT2D eigenvalue weighted by molar-refractivity contribution is 7.85. The van der Waals surface area contributed by atoms with Crippen LogP contribution in [-0.2, 0) is 29.9 Å². The fourth-order valence-electron chi connectivity index (χ4n) is 1.25. The molecule has 0 rings (SSSR count). The van der Waals surface area contributed by atoms with Crippen LogP contribution in [0.1, 0.15) is 13.3 Å². The van der Waals surface area contributed by atoms with Crippen LogP contribution in [0.5, 0.6) is 0 Å². The van der Waals surface area contributed by atoms with E-state index in [9.17, 15) is 13.8 Å². The van der Waals surface area contributed by atoms with Gasteiger partial charge in [0.15, 0.2) is 0 Å². The molecular weight excluding hydrogens is 258 g/mol. The summed E-state index contributed by atoms with van der Waals surface area (Å²) in [6.07, 6.45) is 0.716. The zero-order valence-electron chi connectivity index (χ0n) is 11.1. The van der Waals surface area contributed by atoms with Gasteiger partial charge in [0.2, 0.25) is 5.91 Å². The molecular formula is C11H21NO5S. The van der Waals surface area contributed by atoms with Gasteiger partial charge in [0.05, 0.1) is 13.0 Å². The molecule has 0 aliphatic heterocycles. The van der Waals surface area contributed by atoms with E-state index in [0.29, 0.717) is 19.6 Å². The van der Waals surface area contributed by atoms with E-state index >= 15 is 0 Å². The van der Waals surface area contributed by atoms with Gasteiger partial charge in [0, 0.05) is 36.8 Å². The van der Waals surface area contributed by atoms with Gasteiger partial charge in [-0.25, -0.2) is 0 Å². The summed E-state index contributed by atoms with van der Waals surface area (Å²) < 4.78 is 20.9. The van der Waals surface area contributed by atoms with E-state index in [0.717, 1.165) is 0 Å². The van der Waals surface area contributed by atoms with E-state index in [1.165, 1.54) is 7.11 Å². The van der Waals surface area contributed by atoms with Crippen molar-refractivity contribution in [2.75, 3.05) is 38.9 Å². The zero-order valence-corrected chi connectivity index (χ0v) is 11.9. The third-order valence-electron chi connectivity index (χ3n) is 2.18. The summed E-state index contributed by atoms with van der Waals surface area (Å²) in [6, 6.07) is 0. The number of rotatable bonds is 9. The lowest BCUT2D eigenvalue weighted by Crippen LogP contribution is -2.31. The minimum atomic E-state index is -1.35. The second-order valence-electron chi connectivity index (χ2n) is 3.87. The Labute approximate surface area is 110 Å². The van der Waals surface area contributed by atoms with Crippen molar-refractivity contribution in [3.05, 3.63) is 0 Å². The van der Waals surface area contributed by atoms with Gasteiger partial charge >= 0.3 is 5.97 Å². The molecule has 0 fully saturated rings. The van der Waals surface area contributed by atoms with Gasteiger partial charge in [-0.15, -0.1) is 0 Å². The zero-order chi connectivity index (χ0) is 14.0. The molecule has 0 saturated heterocycles. The molecule has 0 saturated carbocycles. The second kappa shape index (κ2) is 10.0. The van der Waals surface area contributed by atoms with Gasteiger partial charge in [-0.05, 0) is 6.42 Å². The average Bonchev–Trinajstić information content (AvgIpc) is 2.33. The molecule has 0 aromatic heterocycles. The molecule has 7 heteroatoms. The number of carbonyl (C=O) groups is 2. The van der Waals surface area contributed by atoms with Crippen LogP contribution in [0, 0.1) is 5.92 Å². The Bertz CT molecular complexity index is 295. The van der Waals surface area contributed by atoms with E-state index in [1.54, 1.807) is 14.0 Å². The molecule has 0 aromatic carbocycles. The van der Waals surface area contributed by atoms with E-state index in [4.69, 9.17) is 4.74 Å². The Morgan fingerprint density at radius 1 is 1.33 bits per heavy atom. The number of ether oxygens (including phenoxy) is 2. The summed E-state index contributed by atoms with van der Waals surface area (Å²) in [7, 11) is 1.52. The second-order valence-corrected chi connectivity index (χ2v) is 5.37. The SMILES string of the molecule is COCCCNC(=O)CS(=O)CC(C)C(=O)OC. The molecule has 2 unspecified atom stereocenters. The monoisotopic (exact) mass is 279 g/mol. The lowest BCUT2D eigenvalue weighted by Gasteiger charge is -2.09. The van der Waals surface area contributed by atoms with E-state index in [-0.39, 0.29) is 17.4 Å². The molecule has 0 radical (unpaired) electrons. The fourth-order valence-corrected chi connectivity index (χ4v) is 2.45. The third kappa shape index (κ3) is 8.19. The fraction of sp³-hybridized carbons (Fsp3) is 0.818. The first-order chi connectivity index (χ1) is 8.51. The number of nitrogens with one attached hydrogen (secondary N) is 1. The van der Waals surface area contributed by atoms with Crippen molar-refractivity contribution in [1.29, 1.82) is 0 Å². The van der Waals surface area contributed by atoms with Gasteiger partial charge in [-0.3, -0.25) is 13.8 Å². The molecule has 0 heterocycles. The number of esters is 1. The molecule has 6 nitrogen and oxygen atoms in total. The van der Waals surface area contributed by atoms with Crippen molar-refractivity contribution in [3.63, 3.8) is 0 Å². The maximum atomic E-state index is 11.6. The molecule has 0 aliphatic rings. The van der Waals surface area contributed by atoms with Crippen LogP contribution in [0.2, 0.25) is 0 Å². The third-order valence-corrected chi connectivity index (χ3v) is 3.63. The highest BCUT2D eigenvalue weighted by Gasteiger charge is 2.18. The summed E-state index contributed by atoms with van der Waals surface area (Å²) in [5.41, 5.74) is 0. The molecule has 0 spiro atoms. The van der Waals surface area contributed by atoms with Crippen molar-refractivity contribution in [2.45, 2.75) is 13.3 Å². The van der Waals surface area contributed by atoms with Crippen molar-refractivity contribution in [1.82, 2.24) is 5.32 Å². The number of hydrogen-bond acceptors (Lipinski definition) is 5. The van der Waals surface area contributed by atoms with Crippen molar-refractivity contribution in [2.24, 2.45) is 5.92 Å². The van der Waals surface area contributed by atoms with Crippen LogP contribution in [-0.4, -0.2) is 55.0 Å². The lowest BCUT2D eigenvalue weighted by atomic mass is 10.2. The predicted octanol–water partition coefficient (Wildman–Crippen LogP) is -0.303. The molecule has 0 aliphatic carbocycles. The average molecular weight is 279 g/mol. The molecule has 1 amide bonds. The van der Waals surface area contributed by atoms with Crippen molar-refractivity contribution in [3.8, 4) is 0 Å². The largest absolute Gasteiger partial charge is 0.469 e. The summed E-state index contributed by atoms with van der Waals surface area (Å²) in [5.74, 6) is -1.10. The maximum absolute atomic E-state index is 11.6. The van der Waals surface area contributed by atoms with Crippen molar-refractivity contribution >= 4 is 22.7 Å². The standard InChI is InChI=1S/C11H21NO5S/c1-9(11(14)17-3)7-18(15)8-10(13)12-5-4-6-16-2/h9H,4-8H2,1-3H3,(H,12,13). The first-order valence-corrected chi connectivity index (χ1v) is 7.18. The number of hydrogen-bond donors (Lipinski definition) is 1. The molecule has 1 N–H and O–H groups in total. The van der Waals surface area contributed by atoms with Crippen LogP contribution in [0.15, 0.2) is 0 Å². The Morgan fingerprint density at radius 2 is 2.00 bits per heavy atom. The topological polar surface area (TPSA) is 81.7 Å². The van der Waals surface area contributed by atoms with E-state index < -0.39 is 22.7 Å². The Morgan fingerprint density at radius 3 is 2.56 bits per heavy atom. The van der Waals surface area contributed by atoms with Crippen LogP contribution < -0.4 is 5.32 Å². The van der Waals surface area contributed by atoms with E-state index in [1.807, 2.05) is 0 Å². The predicted molar refractivity (Wildman–Crippen MR) is 68.6 cm³/mol. The molecule has 2 atom stereocenters. The van der Waals surface area contributed by atoms with Gasteiger partial charge < -0.3 is 14.8 Å². The number of methoxy groups -OCH3 is 2. The first-order valence-electron chi connectivity index (χ1n) is 5.69. The van der Waals surface area contributed by atoms with Gasteiger partial charge in [-0.2, -0.15) is 0 Å². The normalized spacial score (nSPS) is 13.7. The molecule has 106 valence electrons. The minimum Gasteiger partial charge on any atom is -0.469 e. The summed E-state index contributed by atoms with van der Waals surface area (Å²) in [5, 5.41) is 2.64. The highest BCUT2D eigenvalue weighted by Crippen LogP contribution is 2.00. The van der Waals surface area contributed by atoms with E-state index in [2.05, 4.69) is 10.1 Å². The smallest absolute Gasteiger partial charge is 0.309 e. The molecule has 0 aromatic rings.